The molecule has 0 aliphatic heterocycles. The standard InChI is InChI=1S/C20H21N3O2/c1-14-12-17(6-9-19(14)25-3)20(24)22-13-16-4-7-18(8-5-16)23-11-10-21-15(23)2/h4-12H,13H2,1-3H3,(H,22,24). The van der Waals surface area contributed by atoms with Crippen LogP contribution in [0.1, 0.15) is 27.3 Å². The lowest BCUT2D eigenvalue weighted by molar-refractivity contribution is 0.0951. The molecular weight excluding hydrogens is 314 g/mol. The first kappa shape index (κ1) is 16.8. The van der Waals surface area contributed by atoms with E-state index in [-0.39, 0.29) is 5.91 Å². The molecule has 5 heteroatoms. The molecule has 0 bridgehead atoms. The Morgan fingerprint density at radius 1 is 1.16 bits per heavy atom. The minimum absolute atomic E-state index is 0.0970. The lowest BCUT2D eigenvalue weighted by Crippen LogP contribution is -2.22. The summed E-state index contributed by atoms with van der Waals surface area (Å²) in [5.41, 5.74) is 3.66. The molecule has 1 amide bonds. The van der Waals surface area contributed by atoms with Gasteiger partial charge in [-0.2, -0.15) is 0 Å². The minimum atomic E-state index is -0.0970. The van der Waals surface area contributed by atoms with E-state index < -0.39 is 0 Å². The van der Waals surface area contributed by atoms with E-state index >= 15 is 0 Å². The Balaban J connectivity index is 1.64. The van der Waals surface area contributed by atoms with Crippen LogP contribution in [0.25, 0.3) is 5.69 Å². The Hall–Kier alpha value is -3.08. The fourth-order valence-corrected chi connectivity index (χ4v) is 2.73. The normalized spacial score (nSPS) is 10.5. The molecule has 128 valence electrons. The number of rotatable bonds is 5. The number of nitrogens with one attached hydrogen (secondary N) is 1. The van der Waals surface area contributed by atoms with Gasteiger partial charge in [0.05, 0.1) is 7.11 Å². The van der Waals surface area contributed by atoms with Gasteiger partial charge in [-0.3, -0.25) is 4.79 Å². The highest BCUT2D eigenvalue weighted by molar-refractivity contribution is 5.94. The van der Waals surface area contributed by atoms with Crippen molar-refractivity contribution in [2.45, 2.75) is 20.4 Å². The summed E-state index contributed by atoms with van der Waals surface area (Å²) in [7, 11) is 1.62. The van der Waals surface area contributed by atoms with Crippen LogP contribution in [0.5, 0.6) is 5.75 Å². The zero-order valence-corrected chi connectivity index (χ0v) is 14.6. The van der Waals surface area contributed by atoms with Gasteiger partial charge in [0.1, 0.15) is 11.6 Å². The van der Waals surface area contributed by atoms with Gasteiger partial charge >= 0.3 is 0 Å². The number of methoxy groups -OCH3 is 1. The van der Waals surface area contributed by atoms with Crippen molar-refractivity contribution in [3.8, 4) is 11.4 Å². The third-order valence-corrected chi connectivity index (χ3v) is 4.15. The van der Waals surface area contributed by atoms with Gasteiger partial charge in [0.2, 0.25) is 0 Å². The number of hydrogen-bond acceptors (Lipinski definition) is 3. The van der Waals surface area contributed by atoms with Gasteiger partial charge < -0.3 is 14.6 Å². The average Bonchev–Trinajstić information content (AvgIpc) is 3.06. The maximum atomic E-state index is 12.3. The molecule has 0 aliphatic rings. The number of aryl methyl sites for hydroxylation is 2. The topological polar surface area (TPSA) is 56.1 Å². The summed E-state index contributed by atoms with van der Waals surface area (Å²) < 4.78 is 7.24. The van der Waals surface area contributed by atoms with Crippen LogP contribution in [0.2, 0.25) is 0 Å². The number of carbonyl (C=O) groups excluding carboxylic acids is 1. The number of nitrogens with zero attached hydrogens (tertiary/aromatic N) is 2. The molecule has 25 heavy (non-hydrogen) atoms. The number of aromatic nitrogens is 2. The summed E-state index contributed by atoms with van der Waals surface area (Å²) in [6.45, 7) is 4.37. The van der Waals surface area contributed by atoms with Gasteiger partial charge in [-0.15, -0.1) is 0 Å². The molecule has 0 spiro atoms. The minimum Gasteiger partial charge on any atom is -0.496 e. The van der Waals surface area contributed by atoms with Crippen molar-refractivity contribution in [1.82, 2.24) is 14.9 Å². The second-order valence-corrected chi connectivity index (χ2v) is 5.88. The summed E-state index contributed by atoms with van der Waals surface area (Å²) >= 11 is 0. The molecule has 3 rings (SSSR count). The number of hydrogen-bond donors (Lipinski definition) is 1. The second-order valence-electron chi connectivity index (χ2n) is 5.88. The van der Waals surface area contributed by atoms with E-state index in [0.29, 0.717) is 12.1 Å². The van der Waals surface area contributed by atoms with Gasteiger partial charge in [-0.05, 0) is 55.3 Å². The van der Waals surface area contributed by atoms with E-state index in [9.17, 15) is 4.79 Å². The maximum absolute atomic E-state index is 12.3. The van der Waals surface area contributed by atoms with Crippen molar-refractivity contribution in [2.24, 2.45) is 0 Å². The monoisotopic (exact) mass is 335 g/mol. The molecule has 5 nitrogen and oxygen atoms in total. The van der Waals surface area contributed by atoms with Gasteiger partial charge in [0.25, 0.3) is 5.91 Å². The smallest absolute Gasteiger partial charge is 0.251 e. The summed E-state index contributed by atoms with van der Waals surface area (Å²) in [4.78, 5) is 16.5. The molecule has 0 fully saturated rings. The summed E-state index contributed by atoms with van der Waals surface area (Å²) in [6, 6.07) is 13.5. The second kappa shape index (κ2) is 7.21. The average molecular weight is 335 g/mol. The Labute approximate surface area is 147 Å². The third kappa shape index (κ3) is 3.71. The first-order valence-electron chi connectivity index (χ1n) is 8.10. The van der Waals surface area contributed by atoms with Gasteiger partial charge in [0.15, 0.2) is 0 Å². The zero-order valence-electron chi connectivity index (χ0n) is 14.6. The molecule has 0 atom stereocenters. The molecule has 1 N–H and O–H groups in total. The number of imidazole rings is 1. The summed E-state index contributed by atoms with van der Waals surface area (Å²) in [5, 5.41) is 2.95. The van der Waals surface area contributed by atoms with Crippen LogP contribution < -0.4 is 10.1 Å². The van der Waals surface area contributed by atoms with Gasteiger partial charge in [0, 0.05) is 30.2 Å². The SMILES string of the molecule is COc1ccc(C(=O)NCc2ccc(-n3ccnc3C)cc2)cc1C. The third-order valence-electron chi connectivity index (χ3n) is 4.15. The Bertz CT molecular complexity index is 882. The zero-order chi connectivity index (χ0) is 17.8. The van der Waals surface area contributed by atoms with Crippen LogP contribution in [0.4, 0.5) is 0 Å². The van der Waals surface area contributed by atoms with Crippen LogP contribution >= 0.6 is 0 Å². The number of ether oxygens (including phenoxy) is 1. The van der Waals surface area contributed by atoms with Gasteiger partial charge in [-0.1, -0.05) is 12.1 Å². The molecule has 0 radical (unpaired) electrons. The van der Waals surface area contributed by atoms with Crippen molar-refractivity contribution in [1.29, 1.82) is 0 Å². The highest BCUT2D eigenvalue weighted by Crippen LogP contribution is 2.18. The molecule has 1 aromatic heterocycles. The largest absolute Gasteiger partial charge is 0.496 e. The van der Waals surface area contributed by atoms with Crippen molar-refractivity contribution in [2.75, 3.05) is 7.11 Å². The van der Waals surface area contributed by atoms with Crippen LogP contribution in [0.3, 0.4) is 0 Å². The molecule has 1 heterocycles. The Morgan fingerprint density at radius 3 is 2.52 bits per heavy atom. The first-order chi connectivity index (χ1) is 12.1. The molecule has 0 saturated carbocycles. The maximum Gasteiger partial charge on any atom is 0.251 e. The predicted molar refractivity (Wildman–Crippen MR) is 97.2 cm³/mol. The summed E-state index contributed by atoms with van der Waals surface area (Å²) in [6.07, 6.45) is 3.71. The number of benzene rings is 2. The van der Waals surface area contributed by atoms with E-state index in [1.807, 2.05) is 61.0 Å². The van der Waals surface area contributed by atoms with E-state index in [1.54, 1.807) is 19.4 Å². The van der Waals surface area contributed by atoms with Gasteiger partial charge in [-0.25, -0.2) is 4.98 Å². The summed E-state index contributed by atoms with van der Waals surface area (Å²) in [5.74, 6) is 1.62. The van der Waals surface area contributed by atoms with Crippen LogP contribution in [0.15, 0.2) is 54.9 Å². The molecule has 0 saturated heterocycles. The number of amides is 1. The molecule has 0 unspecified atom stereocenters. The quantitative estimate of drug-likeness (QED) is 0.777. The van der Waals surface area contributed by atoms with Crippen molar-refractivity contribution >= 4 is 5.91 Å². The van der Waals surface area contributed by atoms with E-state index in [1.165, 1.54) is 0 Å². The van der Waals surface area contributed by atoms with Crippen molar-refractivity contribution < 1.29 is 9.53 Å². The Morgan fingerprint density at radius 2 is 1.92 bits per heavy atom. The fourth-order valence-electron chi connectivity index (χ4n) is 2.73. The van der Waals surface area contributed by atoms with Crippen LogP contribution in [-0.4, -0.2) is 22.6 Å². The van der Waals surface area contributed by atoms with Crippen molar-refractivity contribution in [3.63, 3.8) is 0 Å². The predicted octanol–water partition coefficient (Wildman–Crippen LogP) is 3.43. The number of carbonyl (C=O) groups is 1. The Kier molecular flexibility index (Phi) is 4.84. The fraction of sp³-hybridized carbons (Fsp3) is 0.200. The van der Waals surface area contributed by atoms with E-state index in [2.05, 4.69) is 10.3 Å². The molecule has 0 aliphatic carbocycles. The van der Waals surface area contributed by atoms with E-state index in [0.717, 1.165) is 28.4 Å². The molecular formula is C20H21N3O2. The molecule has 3 aromatic rings. The highest BCUT2D eigenvalue weighted by Gasteiger charge is 2.08. The lowest BCUT2D eigenvalue weighted by Gasteiger charge is -2.10. The molecule has 2 aromatic carbocycles. The van der Waals surface area contributed by atoms with E-state index in [4.69, 9.17) is 4.74 Å². The van der Waals surface area contributed by atoms with Crippen molar-refractivity contribution in [3.05, 3.63) is 77.4 Å². The van der Waals surface area contributed by atoms with Crippen LogP contribution in [0, 0.1) is 13.8 Å². The first-order valence-corrected chi connectivity index (χ1v) is 8.10. The lowest BCUT2D eigenvalue weighted by atomic mass is 10.1. The highest BCUT2D eigenvalue weighted by atomic mass is 16.5. The van der Waals surface area contributed by atoms with Crippen LogP contribution in [-0.2, 0) is 6.54 Å².